The molecule has 1 aromatic heterocycles. The number of hydrogen-bond donors (Lipinski definition) is 1. The largest absolute Gasteiger partial charge is 0.362 e. The van der Waals surface area contributed by atoms with Gasteiger partial charge in [0.1, 0.15) is 5.69 Å². The summed E-state index contributed by atoms with van der Waals surface area (Å²) in [6, 6.07) is 0.289. The Labute approximate surface area is 119 Å². The molecule has 1 unspecified atom stereocenters. The molecule has 112 valence electrons. The van der Waals surface area contributed by atoms with Gasteiger partial charge in [0.05, 0.1) is 4.92 Å². The molecule has 20 heavy (non-hydrogen) atoms. The Bertz CT molecular complexity index is 492. The van der Waals surface area contributed by atoms with Gasteiger partial charge in [-0.05, 0) is 18.8 Å². The molecule has 1 atom stereocenters. The van der Waals surface area contributed by atoms with Gasteiger partial charge in [-0.2, -0.15) is 5.10 Å². The number of aromatic nitrogens is 2. The van der Waals surface area contributed by atoms with E-state index in [1.165, 1.54) is 12.8 Å². The first-order valence-corrected chi connectivity index (χ1v) is 7.41. The number of nitrogens with one attached hydrogen (secondary N) is 1. The zero-order valence-corrected chi connectivity index (χ0v) is 12.7. The van der Waals surface area contributed by atoms with Crippen LogP contribution in [0.15, 0.2) is 0 Å². The normalized spacial score (nSPS) is 16.4. The standard InChI is InChI=1S/C14H24N4O2/c1-5-11(8-10-6-7-10)15-14-13(18(19)20)12(9(2)3)16-17(14)4/h9-11,15H,5-8H2,1-4H3. The van der Waals surface area contributed by atoms with E-state index >= 15 is 0 Å². The molecule has 1 aliphatic carbocycles. The molecule has 1 saturated carbocycles. The van der Waals surface area contributed by atoms with Gasteiger partial charge >= 0.3 is 5.69 Å². The lowest BCUT2D eigenvalue weighted by molar-refractivity contribution is -0.384. The Hall–Kier alpha value is -1.59. The molecular weight excluding hydrogens is 256 g/mol. The van der Waals surface area contributed by atoms with Gasteiger partial charge in [-0.1, -0.05) is 33.6 Å². The van der Waals surface area contributed by atoms with E-state index in [-0.39, 0.29) is 22.6 Å². The second-order valence-corrected chi connectivity index (χ2v) is 6.05. The Morgan fingerprint density at radius 2 is 2.15 bits per heavy atom. The predicted octanol–water partition coefficient (Wildman–Crippen LogP) is 3.44. The Morgan fingerprint density at radius 1 is 1.50 bits per heavy atom. The summed E-state index contributed by atoms with van der Waals surface area (Å²) in [6.45, 7) is 5.98. The molecule has 2 rings (SSSR count). The number of nitro groups is 1. The van der Waals surface area contributed by atoms with Gasteiger partial charge in [0.15, 0.2) is 0 Å². The monoisotopic (exact) mass is 280 g/mol. The van der Waals surface area contributed by atoms with Crippen molar-refractivity contribution in [3.05, 3.63) is 15.8 Å². The van der Waals surface area contributed by atoms with Crippen molar-refractivity contribution in [3.63, 3.8) is 0 Å². The van der Waals surface area contributed by atoms with Crippen molar-refractivity contribution in [1.29, 1.82) is 0 Å². The van der Waals surface area contributed by atoms with Crippen molar-refractivity contribution in [2.45, 2.75) is 58.4 Å². The van der Waals surface area contributed by atoms with E-state index in [1.54, 1.807) is 11.7 Å². The third-order valence-corrected chi connectivity index (χ3v) is 3.93. The molecule has 0 aliphatic heterocycles. The third-order valence-electron chi connectivity index (χ3n) is 3.93. The molecule has 0 aromatic carbocycles. The molecule has 0 spiro atoms. The van der Waals surface area contributed by atoms with E-state index in [2.05, 4.69) is 17.3 Å². The van der Waals surface area contributed by atoms with E-state index in [1.807, 2.05) is 13.8 Å². The summed E-state index contributed by atoms with van der Waals surface area (Å²) in [5.41, 5.74) is 0.693. The quantitative estimate of drug-likeness (QED) is 0.613. The summed E-state index contributed by atoms with van der Waals surface area (Å²) < 4.78 is 1.61. The third kappa shape index (κ3) is 3.11. The zero-order chi connectivity index (χ0) is 14.9. The van der Waals surface area contributed by atoms with E-state index in [9.17, 15) is 10.1 Å². The van der Waals surface area contributed by atoms with Gasteiger partial charge < -0.3 is 5.32 Å². The summed E-state index contributed by atoms with van der Waals surface area (Å²) in [5.74, 6) is 1.39. The second kappa shape index (κ2) is 5.81. The Morgan fingerprint density at radius 3 is 2.60 bits per heavy atom. The molecule has 1 fully saturated rings. The molecule has 6 nitrogen and oxygen atoms in total. The molecule has 0 bridgehead atoms. The van der Waals surface area contributed by atoms with Crippen LogP contribution in [0, 0.1) is 16.0 Å². The molecule has 0 saturated heterocycles. The van der Waals surface area contributed by atoms with Gasteiger partial charge in [-0.3, -0.25) is 10.1 Å². The Kier molecular flexibility index (Phi) is 4.30. The van der Waals surface area contributed by atoms with Crippen molar-refractivity contribution in [1.82, 2.24) is 9.78 Å². The summed E-state index contributed by atoms with van der Waals surface area (Å²) in [6.07, 6.45) is 4.65. The van der Waals surface area contributed by atoms with Crippen LogP contribution in [-0.2, 0) is 7.05 Å². The predicted molar refractivity (Wildman–Crippen MR) is 79.0 cm³/mol. The van der Waals surface area contributed by atoms with Gasteiger partial charge in [0, 0.05) is 19.0 Å². The van der Waals surface area contributed by atoms with Crippen molar-refractivity contribution >= 4 is 11.5 Å². The second-order valence-electron chi connectivity index (χ2n) is 6.05. The first kappa shape index (κ1) is 14.8. The molecule has 6 heteroatoms. The highest BCUT2D eigenvalue weighted by Gasteiger charge is 2.31. The van der Waals surface area contributed by atoms with Crippen LogP contribution in [0.5, 0.6) is 0 Å². The summed E-state index contributed by atoms with van der Waals surface area (Å²) >= 11 is 0. The van der Waals surface area contributed by atoms with Gasteiger partial charge in [0.2, 0.25) is 5.82 Å². The fourth-order valence-corrected chi connectivity index (χ4v) is 2.54. The van der Waals surface area contributed by atoms with Crippen molar-refractivity contribution in [2.75, 3.05) is 5.32 Å². The van der Waals surface area contributed by atoms with Crippen LogP contribution in [0.2, 0.25) is 0 Å². The minimum Gasteiger partial charge on any atom is -0.362 e. The van der Waals surface area contributed by atoms with Gasteiger partial charge in [-0.15, -0.1) is 0 Å². The smallest absolute Gasteiger partial charge is 0.334 e. The van der Waals surface area contributed by atoms with Gasteiger partial charge in [-0.25, -0.2) is 4.68 Å². The topological polar surface area (TPSA) is 73.0 Å². The lowest BCUT2D eigenvalue weighted by atomic mass is 10.1. The van der Waals surface area contributed by atoms with E-state index in [0.29, 0.717) is 11.5 Å². The fraction of sp³-hybridized carbons (Fsp3) is 0.786. The number of hydrogen-bond acceptors (Lipinski definition) is 4. The van der Waals surface area contributed by atoms with Crippen molar-refractivity contribution < 1.29 is 4.92 Å². The average molecular weight is 280 g/mol. The van der Waals surface area contributed by atoms with E-state index in [4.69, 9.17) is 0 Å². The van der Waals surface area contributed by atoms with Crippen LogP contribution in [0.25, 0.3) is 0 Å². The lowest BCUT2D eigenvalue weighted by Gasteiger charge is -2.17. The number of anilines is 1. The average Bonchev–Trinajstić information content (AvgIpc) is 3.12. The molecule has 0 amide bonds. The SMILES string of the molecule is CCC(CC1CC1)Nc1c([N+](=O)[O-])c(C(C)C)nn1C. The van der Waals surface area contributed by atoms with Crippen LogP contribution in [0.4, 0.5) is 11.5 Å². The molecule has 1 aliphatic rings. The van der Waals surface area contributed by atoms with Crippen LogP contribution in [0.1, 0.15) is 58.1 Å². The van der Waals surface area contributed by atoms with Crippen LogP contribution in [-0.4, -0.2) is 20.7 Å². The highest BCUT2D eigenvalue weighted by molar-refractivity contribution is 5.61. The molecular formula is C14H24N4O2. The number of nitrogens with zero attached hydrogens (tertiary/aromatic N) is 3. The fourth-order valence-electron chi connectivity index (χ4n) is 2.54. The number of aryl methyl sites for hydroxylation is 1. The van der Waals surface area contributed by atoms with Crippen LogP contribution >= 0.6 is 0 Å². The highest BCUT2D eigenvalue weighted by atomic mass is 16.6. The molecule has 0 radical (unpaired) electrons. The first-order valence-electron chi connectivity index (χ1n) is 7.41. The zero-order valence-electron chi connectivity index (χ0n) is 12.7. The van der Waals surface area contributed by atoms with Crippen molar-refractivity contribution in [2.24, 2.45) is 13.0 Å². The maximum absolute atomic E-state index is 11.4. The highest BCUT2D eigenvalue weighted by Crippen LogP contribution is 2.37. The minimum atomic E-state index is -0.311. The van der Waals surface area contributed by atoms with Crippen LogP contribution in [0.3, 0.4) is 0 Å². The lowest BCUT2D eigenvalue weighted by Crippen LogP contribution is -2.21. The van der Waals surface area contributed by atoms with Crippen LogP contribution < -0.4 is 5.32 Å². The number of rotatable bonds is 7. The molecule has 1 N–H and O–H groups in total. The maximum atomic E-state index is 11.4. The van der Waals surface area contributed by atoms with Crippen molar-refractivity contribution in [3.8, 4) is 0 Å². The maximum Gasteiger partial charge on any atom is 0.334 e. The first-order chi connectivity index (χ1) is 9.43. The molecule has 1 heterocycles. The summed E-state index contributed by atoms with van der Waals surface area (Å²) in [4.78, 5) is 11.1. The van der Waals surface area contributed by atoms with E-state index in [0.717, 1.165) is 18.8 Å². The summed E-state index contributed by atoms with van der Waals surface area (Å²) in [5, 5.41) is 19.1. The molecule has 1 aromatic rings. The van der Waals surface area contributed by atoms with Gasteiger partial charge in [0.25, 0.3) is 0 Å². The van der Waals surface area contributed by atoms with E-state index < -0.39 is 0 Å². The minimum absolute atomic E-state index is 0.0423. The Balaban J connectivity index is 2.26. The summed E-state index contributed by atoms with van der Waals surface area (Å²) in [7, 11) is 1.77.